The summed E-state index contributed by atoms with van der Waals surface area (Å²) in [7, 11) is 0. The highest BCUT2D eigenvalue weighted by Gasteiger charge is 2.25. The van der Waals surface area contributed by atoms with Crippen LogP contribution in [0.5, 0.6) is 0 Å². The molecule has 7 nitrogen and oxygen atoms in total. The summed E-state index contributed by atoms with van der Waals surface area (Å²) in [5, 5.41) is 22.1. The third-order valence-corrected chi connectivity index (χ3v) is 3.29. The first-order valence-electron chi connectivity index (χ1n) is 5.71. The van der Waals surface area contributed by atoms with Crippen LogP contribution in [-0.4, -0.2) is 27.9 Å². The topological polar surface area (TPSA) is 110 Å². The first kappa shape index (κ1) is 16.1. The molecule has 0 radical (unpaired) electrons. The van der Waals surface area contributed by atoms with Gasteiger partial charge in [0.25, 0.3) is 11.6 Å². The smallest absolute Gasteiger partial charge is 0.326 e. The number of aliphatic carboxylic acids is 1. The number of carbonyl (C=O) groups excluding carboxylic acids is 1. The van der Waals surface area contributed by atoms with Crippen molar-refractivity contribution in [2.45, 2.75) is 19.9 Å². The molecule has 0 saturated heterocycles. The molecule has 1 amide bonds. The highest BCUT2D eigenvalue weighted by Crippen LogP contribution is 2.25. The largest absolute Gasteiger partial charge is 0.480 e. The Kier molecular flexibility index (Phi) is 5.20. The SMILES string of the molecule is CC(C)C(NC(=O)c1ccc(Br)c([N+](=O)[O-])c1)C(=O)O. The number of hydrogen-bond donors (Lipinski definition) is 2. The van der Waals surface area contributed by atoms with Gasteiger partial charge in [-0.3, -0.25) is 14.9 Å². The maximum atomic E-state index is 11.9. The molecule has 1 rings (SSSR count). The number of carbonyl (C=O) groups is 2. The molecule has 0 aliphatic heterocycles. The molecule has 0 aliphatic rings. The van der Waals surface area contributed by atoms with Crippen LogP contribution in [0, 0.1) is 16.0 Å². The summed E-state index contributed by atoms with van der Waals surface area (Å²) in [5.41, 5.74) is -0.221. The Bertz CT molecular complexity index is 559. The number of nitrogens with zero attached hydrogens (tertiary/aromatic N) is 1. The molecule has 0 fully saturated rings. The van der Waals surface area contributed by atoms with Gasteiger partial charge in [-0.25, -0.2) is 4.79 Å². The minimum atomic E-state index is -1.15. The lowest BCUT2D eigenvalue weighted by Gasteiger charge is -2.17. The van der Waals surface area contributed by atoms with Crippen LogP contribution in [0.4, 0.5) is 5.69 Å². The fourth-order valence-corrected chi connectivity index (χ4v) is 1.92. The normalized spacial score (nSPS) is 12.0. The third-order valence-electron chi connectivity index (χ3n) is 2.62. The van der Waals surface area contributed by atoms with Crippen molar-refractivity contribution in [1.82, 2.24) is 5.32 Å². The molecule has 0 saturated carbocycles. The molecule has 0 heterocycles. The quantitative estimate of drug-likeness (QED) is 0.628. The van der Waals surface area contributed by atoms with E-state index >= 15 is 0 Å². The second-order valence-electron chi connectivity index (χ2n) is 4.46. The van der Waals surface area contributed by atoms with Crippen LogP contribution in [0.15, 0.2) is 22.7 Å². The molecule has 108 valence electrons. The van der Waals surface area contributed by atoms with E-state index in [1.165, 1.54) is 12.1 Å². The Balaban J connectivity index is 3.01. The van der Waals surface area contributed by atoms with Gasteiger partial charge in [0.05, 0.1) is 9.40 Å². The van der Waals surface area contributed by atoms with Crippen molar-refractivity contribution < 1.29 is 19.6 Å². The maximum absolute atomic E-state index is 11.9. The van der Waals surface area contributed by atoms with E-state index in [1.54, 1.807) is 13.8 Å². The molecule has 1 aromatic carbocycles. The average molecular weight is 345 g/mol. The molecule has 0 aliphatic carbocycles. The zero-order chi connectivity index (χ0) is 15.4. The molecular formula is C12H13BrN2O5. The Morgan fingerprint density at radius 1 is 1.40 bits per heavy atom. The summed E-state index contributed by atoms with van der Waals surface area (Å²) in [5.74, 6) is -2.12. The van der Waals surface area contributed by atoms with Gasteiger partial charge in [-0.1, -0.05) is 13.8 Å². The van der Waals surface area contributed by atoms with Crippen LogP contribution in [0.2, 0.25) is 0 Å². The molecule has 1 atom stereocenters. The van der Waals surface area contributed by atoms with E-state index in [0.29, 0.717) is 0 Å². The Morgan fingerprint density at radius 3 is 2.45 bits per heavy atom. The van der Waals surface area contributed by atoms with Gasteiger partial charge in [0.2, 0.25) is 0 Å². The lowest BCUT2D eigenvalue weighted by atomic mass is 10.0. The molecule has 8 heteroatoms. The standard InChI is InChI=1S/C12H13BrN2O5/c1-6(2)10(12(17)18)14-11(16)7-3-4-8(13)9(5-7)15(19)20/h3-6,10H,1-2H3,(H,14,16)(H,17,18). The van der Waals surface area contributed by atoms with Crippen molar-refractivity contribution in [1.29, 1.82) is 0 Å². The first-order chi connectivity index (χ1) is 9.23. The van der Waals surface area contributed by atoms with Crippen molar-refractivity contribution in [2.24, 2.45) is 5.92 Å². The highest BCUT2D eigenvalue weighted by molar-refractivity contribution is 9.10. The summed E-state index contributed by atoms with van der Waals surface area (Å²) in [6.45, 7) is 3.31. The molecular weight excluding hydrogens is 332 g/mol. The summed E-state index contributed by atoms with van der Waals surface area (Å²) in [4.78, 5) is 33.1. The number of carboxylic acid groups (broad SMARTS) is 1. The fraction of sp³-hybridized carbons (Fsp3) is 0.333. The molecule has 1 aromatic rings. The minimum Gasteiger partial charge on any atom is -0.480 e. The van der Waals surface area contributed by atoms with E-state index in [1.807, 2.05) is 0 Å². The number of benzene rings is 1. The number of halogens is 1. The van der Waals surface area contributed by atoms with Gasteiger partial charge in [0, 0.05) is 11.6 Å². The summed E-state index contributed by atoms with van der Waals surface area (Å²) < 4.78 is 0.248. The lowest BCUT2D eigenvalue weighted by molar-refractivity contribution is -0.385. The molecule has 1 unspecified atom stereocenters. The average Bonchev–Trinajstić information content (AvgIpc) is 2.34. The Hall–Kier alpha value is -1.96. The Labute approximate surface area is 123 Å². The van der Waals surface area contributed by atoms with Crippen molar-refractivity contribution in [2.75, 3.05) is 0 Å². The van der Waals surface area contributed by atoms with Crippen LogP contribution in [0.1, 0.15) is 24.2 Å². The van der Waals surface area contributed by atoms with Crippen molar-refractivity contribution in [3.63, 3.8) is 0 Å². The predicted molar refractivity (Wildman–Crippen MR) is 74.5 cm³/mol. The van der Waals surface area contributed by atoms with Gasteiger partial charge < -0.3 is 10.4 Å². The van der Waals surface area contributed by atoms with E-state index in [0.717, 1.165) is 6.07 Å². The van der Waals surface area contributed by atoms with Gasteiger partial charge in [-0.05, 0) is 34.0 Å². The second kappa shape index (κ2) is 6.47. The molecule has 20 heavy (non-hydrogen) atoms. The third kappa shape index (κ3) is 3.77. The van der Waals surface area contributed by atoms with E-state index < -0.39 is 22.8 Å². The van der Waals surface area contributed by atoms with Crippen molar-refractivity contribution >= 4 is 33.5 Å². The van der Waals surface area contributed by atoms with Crippen molar-refractivity contribution in [3.8, 4) is 0 Å². The monoisotopic (exact) mass is 344 g/mol. The van der Waals surface area contributed by atoms with Gasteiger partial charge >= 0.3 is 5.97 Å². The van der Waals surface area contributed by atoms with Crippen LogP contribution in [0.25, 0.3) is 0 Å². The molecule has 0 spiro atoms. The molecule has 0 bridgehead atoms. The Morgan fingerprint density at radius 2 is 2.00 bits per heavy atom. The molecule has 2 N–H and O–H groups in total. The van der Waals surface area contributed by atoms with Gasteiger partial charge in [0.1, 0.15) is 6.04 Å². The van der Waals surface area contributed by atoms with Gasteiger partial charge in [-0.2, -0.15) is 0 Å². The van der Waals surface area contributed by atoms with Gasteiger partial charge in [-0.15, -0.1) is 0 Å². The number of amides is 1. The summed E-state index contributed by atoms with van der Waals surface area (Å²) >= 11 is 3.01. The predicted octanol–water partition coefficient (Wildman–Crippen LogP) is 2.20. The zero-order valence-corrected chi connectivity index (χ0v) is 12.4. The number of nitro groups is 1. The number of hydrogen-bond acceptors (Lipinski definition) is 4. The van der Waals surface area contributed by atoms with E-state index in [9.17, 15) is 19.7 Å². The first-order valence-corrected chi connectivity index (χ1v) is 6.51. The second-order valence-corrected chi connectivity index (χ2v) is 5.31. The zero-order valence-electron chi connectivity index (χ0n) is 10.8. The summed E-state index contributed by atoms with van der Waals surface area (Å²) in [6.07, 6.45) is 0. The van der Waals surface area contributed by atoms with Crippen LogP contribution in [-0.2, 0) is 4.79 Å². The number of carboxylic acids is 1. The number of nitrogens with one attached hydrogen (secondary N) is 1. The van der Waals surface area contributed by atoms with E-state index in [2.05, 4.69) is 21.2 Å². The van der Waals surface area contributed by atoms with Gasteiger partial charge in [0.15, 0.2) is 0 Å². The fourth-order valence-electron chi connectivity index (χ4n) is 1.53. The number of nitro benzene ring substituents is 1. The van der Waals surface area contributed by atoms with Crippen LogP contribution < -0.4 is 5.32 Å². The summed E-state index contributed by atoms with van der Waals surface area (Å²) in [6, 6.07) is 2.80. The highest BCUT2D eigenvalue weighted by atomic mass is 79.9. The van der Waals surface area contributed by atoms with Crippen LogP contribution in [0.3, 0.4) is 0 Å². The van der Waals surface area contributed by atoms with E-state index in [-0.39, 0.29) is 21.6 Å². The van der Waals surface area contributed by atoms with Crippen LogP contribution >= 0.6 is 15.9 Å². The van der Waals surface area contributed by atoms with E-state index in [4.69, 9.17) is 5.11 Å². The number of rotatable bonds is 5. The lowest BCUT2D eigenvalue weighted by Crippen LogP contribution is -2.44. The molecule has 0 aromatic heterocycles. The minimum absolute atomic E-state index is 0.0341. The maximum Gasteiger partial charge on any atom is 0.326 e. The van der Waals surface area contributed by atoms with Crippen molar-refractivity contribution in [3.05, 3.63) is 38.3 Å².